The highest BCUT2D eigenvalue weighted by Crippen LogP contribution is 2.15. The van der Waals surface area contributed by atoms with Crippen LogP contribution in [0.1, 0.15) is 12.8 Å². The van der Waals surface area contributed by atoms with E-state index in [4.69, 9.17) is 9.84 Å². The molecule has 17 heavy (non-hydrogen) atoms. The zero-order valence-corrected chi connectivity index (χ0v) is 10.6. The van der Waals surface area contributed by atoms with Gasteiger partial charge in [0.1, 0.15) is 0 Å². The average molecular weight is 263 g/mol. The second-order valence-corrected chi connectivity index (χ2v) is 5.95. The van der Waals surface area contributed by atoms with E-state index in [1.54, 1.807) is 7.11 Å². The van der Waals surface area contributed by atoms with Crippen molar-refractivity contribution in [1.82, 2.24) is 4.31 Å². The number of carboxylic acid groups (broad SMARTS) is 1. The third kappa shape index (κ3) is 4.45. The van der Waals surface area contributed by atoms with E-state index >= 15 is 0 Å². The van der Waals surface area contributed by atoms with Gasteiger partial charge in [-0.1, -0.05) is 6.08 Å². The molecule has 0 saturated carbocycles. The molecule has 1 aliphatic rings. The first kappa shape index (κ1) is 14.1. The summed E-state index contributed by atoms with van der Waals surface area (Å²) in [6, 6.07) is 0. The van der Waals surface area contributed by atoms with Crippen LogP contribution in [0.4, 0.5) is 0 Å². The smallest absolute Gasteiger partial charge is 0.304 e. The number of nitrogens with zero attached hydrogens (tertiary/aromatic N) is 1. The topological polar surface area (TPSA) is 83.9 Å². The molecular weight excluding hydrogens is 246 g/mol. The summed E-state index contributed by atoms with van der Waals surface area (Å²) in [7, 11) is -1.86. The summed E-state index contributed by atoms with van der Waals surface area (Å²) in [6.45, 7) is 1.22. The molecule has 0 aromatic carbocycles. The minimum atomic E-state index is -3.45. The molecule has 7 heteroatoms. The van der Waals surface area contributed by atoms with Crippen LogP contribution in [-0.4, -0.2) is 56.4 Å². The second kappa shape index (κ2) is 6.13. The molecule has 0 unspecified atom stereocenters. The van der Waals surface area contributed by atoms with E-state index in [9.17, 15) is 13.2 Å². The largest absolute Gasteiger partial charge is 0.481 e. The van der Waals surface area contributed by atoms with Crippen molar-refractivity contribution in [3.05, 3.63) is 11.6 Å². The number of hydrogen-bond acceptors (Lipinski definition) is 4. The van der Waals surface area contributed by atoms with Crippen molar-refractivity contribution in [2.24, 2.45) is 0 Å². The van der Waals surface area contributed by atoms with Crippen LogP contribution in [0.2, 0.25) is 0 Å². The number of carbonyl (C=O) groups is 1. The lowest BCUT2D eigenvalue weighted by molar-refractivity contribution is -0.136. The van der Waals surface area contributed by atoms with Gasteiger partial charge < -0.3 is 9.84 Å². The lowest BCUT2D eigenvalue weighted by Crippen LogP contribution is -2.37. The second-order valence-electron chi connectivity index (χ2n) is 3.86. The molecule has 0 saturated heterocycles. The molecule has 1 heterocycles. The van der Waals surface area contributed by atoms with Crippen molar-refractivity contribution in [2.45, 2.75) is 12.8 Å². The monoisotopic (exact) mass is 263 g/mol. The van der Waals surface area contributed by atoms with Gasteiger partial charge in [-0.05, 0) is 12.0 Å². The molecule has 1 aliphatic heterocycles. The normalized spacial score (nSPS) is 17.8. The summed E-state index contributed by atoms with van der Waals surface area (Å²) in [4.78, 5) is 10.4. The molecule has 0 fully saturated rings. The highest BCUT2D eigenvalue weighted by molar-refractivity contribution is 7.89. The molecule has 0 aliphatic carbocycles. The molecule has 0 aromatic heterocycles. The first-order valence-corrected chi connectivity index (χ1v) is 6.93. The van der Waals surface area contributed by atoms with Crippen LogP contribution < -0.4 is 0 Å². The van der Waals surface area contributed by atoms with Crippen LogP contribution in [0.3, 0.4) is 0 Å². The van der Waals surface area contributed by atoms with Gasteiger partial charge in [0.2, 0.25) is 10.0 Å². The van der Waals surface area contributed by atoms with Gasteiger partial charge in [0.25, 0.3) is 0 Å². The zero-order valence-electron chi connectivity index (χ0n) is 9.76. The molecule has 0 radical (unpaired) electrons. The minimum absolute atomic E-state index is 0.306. The van der Waals surface area contributed by atoms with Crippen molar-refractivity contribution < 1.29 is 23.1 Å². The fraction of sp³-hybridized carbons (Fsp3) is 0.700. The third-order valence-corrected chi connectivity index (χ3v) is 4.40. The Balaban J connectivity index is 2.55. The fourth-order valence-electron chi connectivity index (χ4n) is 1.61. The Morgan fingerprint density at radius 3 is 2.76 bits per heavy atom. The van der Waals surface area contributed by atoms with Gasteiger partial charge >= 0.3 is 5.97 Å². The molecule has 1 rings (SSSR count). The van der Waals surface area contributed by atoms with Gasteiger partial charge in [-0.2, -0.15) is 4.31 Å². The SMILES string of the molecule is COCC1=CCN(S(=O)(=O)CCC(=O)O)CC1. The Labute approximate surface area is 101 Å². The van der Waals surface area contributed by atoms with Gasteiger partial charge in [-0.3, -0.25) is 4.79 Å². The number of ether oxygens (including phenoxy) is 1. The van der Waals surface area contributed by atoms with Crippen LogP contribution in [0.5, 0.6) is 0 Å². The molecular formula is C10H17NO5S. The van der Waals surface area contributed by atoms with E-state index in [2.05, 4.69) is 0 Å². The standard InChI is InChI=1S/C10H17NO5S/c1-16-8-9-2-5-11(6-3-9)17(14,15)7-4-10(12)13/h2H,3-8H2,1H3,(H,12,13). The Bertz CT molecular complexity index is 401. The zero-order chi connectivity index (χ0) is 12.9. The fourth-order valence-corrected chi connectivity index (χ4v) is 2.97. The molecule has 0 amide bonds. The Morgan fingerprint density at radius 2 is 2.29 bits per heavy atom. The lowest BCUT2D eigenvalue weighted by Gasteiger charge is -2.25. The van der Waals surface area contributed by atoms with E-state index < -0.39 is 16.0 Å². The Morgan fingerprint density at radius 1 is 1.59 bits per heavy atom. The number of methoxy groups -OCH3 is 1. The Kier molecular flexibility index (Phi) is 5.10. The molecule has 98 valence electrons. The first-order valence-electron chi connectivity index (χ1n) is 5.32. The van der Waals surface area contributed by atoms with Gasteiger partial charge in [0, 0.05) is 20.2 Å². The molecule has 1 N–H and O–H groups in total. The van der Waals surface area contributed by atoms with Crippen LogP contribution in [0.25, 0.3) is 0 Å². The summed E-state index contributed by atoms with van der Waals surface area (Å²) < 4.78 is 29.8. The summed E-state index contributed by atoms with van der Waals surface area (Å²) in [5.74, 6) is -1.43. The summed E-state index contributed by atoms with van der Waals surface area (Å²) >= 11 is 0. The number of rotatable bonds is 6. The molecule has 0 aromatic rings. The quantitative estimate of drug-likeness (QED) is 0.686. The predicted octanol–water partition coefficient (Wildman–Crippen LogP) is 0.0694. The maximum Gasteiger partial charge on any atom is 0.304 e. The van der Waals surface area contributed by atoms with Crippen molar-refractivity contribution in [3.8, 4) is 0 Å². The highest BCUT2D eigenvalue weighted by atomic mass is 32.2. The van der Waals surface area contributed by atoms with Crippen LogP contribution in [-0.2, 0) is 19.6 Å². The average Bonchev–Trinajstić information content (AvgIpc) is 2.28. The first-order chi connectivity index (χ1) is 7.95. The van der Waals surface area contributed by atoms with Gasteiger partial charge in [-0.15, -0.1) is 0 Å². The molecule has 0 spiro atoms. The van der Waals surface area contributed by atoms with Gasteiger partial charge in [0.15, 0.2) is 0 Å². The summed E-state index contributed by atoms with van der Waals surface area (Å²) in [5.41, 5.74) is 1.08. The van der Waals surface area contributed by atoms with Crippen molar-refractivity contribution in [1.29, 1.82) is 0 Å². The van der Waals surface area contributed by atoms with Gasteiger partial charge in [-0.25, -0.2) is 8.42 Å². The minimum Gasteiger partial charge on any atom is -0.481 e. The van der Waals surface area contributed by atoms with Crippen LogP contribution in [0.15, 0.2) is 11.6 Å². The predicted molar refractivity (Wildman–Crippen MR) is 62.2 cm³/mol. The molecule has 0 bridgehead atoms. The van der Waals surface area contributed by atoms with Gasteiger partial charge in [0.05, 0.1) is 18.8 Å². The number of carboxylic acids is 1. The highest BCUT2D eigenvalue weighted by Gasteiger charge is 2.24. The maximum atomic E-state index is 11.8. The van der Waals surface area contributed by atoms with E-state index in [0.29, 0.717) is 26.1 Å². The number of sulfonamides is 1. The summed E-state index contributed by atoms with van der Waals surface area (Å²) in [6.07, 6.45) is 2.11. The van der Waals surface area contributed by atoms with E-state index in [1.807, 2.05) is 6.08 Å². The third-order valence-electron chi connectivity index (χ3n) is 2.56. The van der Waals surface area contributed by atoms with E-state index in [-0.39, 0.29) is 12.2 Å². The van der Waals surface area contributed by atoms with Crippen LogP contribution >= 0.6 is 0 Å². The van der Waals surface area contributed by atoms with Crippen molar-refractivity contribution in [2.75, 3.05) is 32.6 Å². The van der Waals surface area contributed by atoms with Crippen molar-refractivity contribution in [3.63, 3.8) is 0 Å². The number of aliphatic carboxylic acids is 1. The summed E-state index contributed by atoms with van der Waals surface area (Å²) in [5, 5.41) is 8.48. The van der Waals surface area contributed by atoms with E-state index in [0.717, 1.165) is 5.57 Å². The lowest BCUT2D eigenvalue weighted by atomic mass is 10.1. The molecule has 0 atom stereocenters. The van der Waals surface area contributed by atoms with E-state index in [1.165, 1.54) is 4.31 Å². The van der Waals surface area contributed by atoms with Crippen molar-refractivity contribution >= 4 is 16.0 Å². The molecule has 6 nitrogen and oxygen atoms in total. The number of hydrogen-bond donors (Lipinski definition) is 1. The Hall–Kier alpha value is -0.920. The maximum absolute atomic E-state index is 11.8. The van der Waals surface area contributed by atoms with Crippen LogP contribution in [0, 0.1) is 0 Å².